The molecule has 0 saturated carbocycles. The van der Waals surface area contributed by atoms with Crippen LogP contribution in [0.4, 0.5) is 16.2 Å². The molecule has 27 heavy (non-hydrogen) atoms. The third-order valence-corrected chi connectivity index (χ3v) is 4.37. The minimum atomic E-state index is -0.412. The molecular weight excluding hydrogens is 346 g/mol. The summed E-state index contributed by atoms with van der Waals surface area (Å²) in [4.78, 5) is 37.6. The summed E-state index contributed by atoms with van der Waals surface area (Å²) in [6.07, 6.45) is 0.229. The molecule has 1 atom stereocenters. The van der Waals surface area contributed by atoms with Gasteiger partial charge >= 0.3 is 6.03 Å². The van der Waals surface area contributed by atoms with E-state index in [2.05, 4.69) is 10.6 Å². The van der Waals surface area contributed by atoms with Gasteiger partial charge in [0.05, 0.1) is 13.2 Å². The maximum Gasteiger partial charge on any atom is 0.319 e. The molecule has 0 spiro atoms. The molecule has 7 nitrogen and oxygen atoms in total. The molecule has 1 aliphatic rings. The Hall–Kier alpha value is -3.35. The maximum atomic E-state index is 12.3. The number of rotatable bonds is 5. The molecule has 2 aromatic carbocycles. The fourth-order valence-electron chi connectivity index (χ4n) is 2.98. The molecule has 1 fully saturated rings. The summed E-state index contributed by atoms with van der Waals surface area (Å²) < 4.78 is 5.12. The highest BCUT2D eigenvalue weighted by atomic mass is 16.5. The van der Waals surface area contributed by atoms with Gasteiger partial charge in [-0.15, -0.1) is 0 Å². The maximum absolute atomic E-state index is 12.3. The minimum Gasteiger partial charge on any atom is -0.497 e. The zero-order valence-electron chi connectivity index (χ0n) is 15.2. The van der Waals surface area contributed by atoms with Gasteiger partial charge in [-0.25, -0.2) is 4.79 Å². The summed E-state index contributed by atoms with van der Waals surface area (Å²) in [5, 5.41) is 5.51. The molecule has 1 saturated heterocycles. The van der Waals surface area contributed by atoms with Gasteiger partial charge in [-0.05, 0) is 43.3 Å². The Bertz CT molecular complexity index is 864. The number of benzene rings is 2. The largest absolute Gasteiger partial charge is 0.497 e. The molecule has 1 heterocycles. The van der Waals surface area contributed by atoms with E-state index in [9.17, 15) is 14.4 Å². The van der Waals surface area contributed by atoms with E-state index in [0.717, 1.165) is 5.69 Å². The summed E-state index contributed by atoms with van der Waals surface area (Å²) in [5.74, 6) is 0.590. The Labute approximate surface area is 157 Å². The van der Waals surface area contributed by atoms with Crippen LogP contribution in [0.5, 0.6) is 5.75 Å². The molecule has 7 heteroatoms. The molecule has 3 rings (SSSR count). The van der Waals surface area contributed by atoms with E-state index in [4.69, 9.17) is 4.74 Å². The van der Waals surface area contributed by atoms with E-state index >= 15 is 0 Å². The predicted molar refractivity (Wildman–Crippen MR) is 102 cm³/mol. The normalized spacial score (nSPS) is 16.1. The van der Waals surface area contributed by atoms with Gasteiger partial charge in [-0.3, -0.25) is 9.59 Å². The van der Waals surface area contributed by atoms with Gasteiger partial charge < -0.3 is 20.3 Å². The number of carbonyl (C=O) groups is 3. The fraction of sp³-hybridized carbons (Fsp3) is 0.250. The van der Waals surface area contributed by atoms with Crippen LogP contribution in [-0.4, -0.2) is 37.4 Å². The van der Waals surface area contributed by atoms with Crippen LogP contribution in [-0.2, 0) is 4.79 Å². The highest BCUT2D eigenvalue weighted by molar-refractivity contribution is 5.98. The van der Waals surface area contributed by atoms with Crippen LogP contribution in [0.2, 0.25) is 0 Å². The first-order chi connectivity index (χ1) is 13.0. The topological polar surface area (TPSA) is 87.7 Å². The SMILES string of the molecule is COc1ccc(N2C[C@H](NC(=O)Nc3cccc(C(C)=O)c3)CC2=O)cc1. The Morgan fingerprint density at radius 3 is 2.56 bits per heavy atom. The molecular formula is C20H21N3O4. The average Bonchev–Trinajstić information content (AvgIpc) is 3.01. The van der Waals surface area contributed by atoms with E-state index in [1.807, 2.05) is 12.1 Å². The lowest BCUT2D eigenvalue weighted by molar-refractivity contribution is -0.117. The minimum absolute atomic E-state index is 0.0518. The van der Waals surface area contributed by atoms with Crippen molar-refractivity contribution in [1.82, 2.24) is 5.32 Å². The van der Waals surface area contributed by atoms with E-state index in [1.165, 1.54) is 6.92 Å². The van der Waals surface area contributed by atoms with Crippen molar-refractivity contribution in [2.45, 2.75) is 19.4 Å². The third kappa shape index (κ3) is 4.44. The second kappa shape index (κ2) is 7.90. The van der Waals surface area contributed by atoms with Crippen molar-refractivity contribution >= 4 is 29.1 Å². The smallest absolute Gasteiger partial charge is 0.319 e. The van der Waals surface area contributed by atoms with Gasteiger partial charge in [0.15, 0.2) is 5.78 Å². The Morgan fingerprint density at radius 2 is 1.89 bits per heavy atom. The number of methoxy groups -OCH3 is 1. The lowest BCUT2D eigenvalue weighted by Gasteiger charge is -2.18. The van der Waals surface area contributed by atoms with Crippen molar-refractivity contribution in [1.29, 1.82) is 0 Å². The van der Waals surface area contributed by atoms with Crippen molar-refractivity contribution < 1.29 is 19.1 Å². The molecule has 2 N–H and O–H groups in total. The van der Waals surface area contributed by atoms with Gasteiger partial charge in [0.1, 0.15) is 5.75 Å². The quantitative estimate of drug-likeness (QED) is 0.796. The number of carbonyl (C=O) groups excluding carboxylic acids is 3. The van der Waals surface area contributed by atoms with Crippen LogP contribution in [0.3, 0.4) is 0 Å². The number of urea groups is 1. The number of ketones is 1. The van der Waals surface area contributed by atoms with Crippen LogP contribution in [0.25, 0.3) is 0 Å². The molecule has 3 amide bonds. The monoisotopic (exact) mass is 367 g/mol. The molecule has 140 valence electrons. The molecule has 0 radical (unpaired) electrons. The number of Topliss-reactive ketones (excluding diaryl/α,β-unsaturated/α-hetero) is 1. The van der Waals surface area contributed by atoms with E-state index in [-0.39, 0.29) is 24.2 Å². The fourth-order valence-corrected chi connectivity index (χ4v) is 2.98. The molecule has 2 aromatic rings. The van der Waals surface area contributed by atoms with E-state index < -0.39 is 6.03 Å². The van der Waals surface area contributed by atoms with Gasteiger partial charge in [0.2, 0.25) is 5.91 Å². The molecule has 0 aliphatic carbocycles. The van der Waals surface area contributed by atoms with Gasteiger partial charge in [-0.2, -0.15) is 0 Å². The Kier molecular flexibility index (Phi) is 5.40. The molecule has 0 bridgehead atoms. The molecule has 1 aliphatic heterocycles. The summed E-state index contributed by atoms with van der Waals surface area (Å²) in [6, 6.07) is 13.2. The lowest BCUT2D eigenvalue weighted by Crippen LogP contribution is -2.39. The van der Waals surface area contributed by atoms with E-state index in [1.54, 1.807) is 48.4 Å². The summed E-state index contributed by atoms with van der Waals surface area (Å²) in [5.41, 5.74) is 1.81. The molecule has 0 unspecified atom stereocenters. The number of nitrogens with one attached hydrogen (secondary N) is 2. The highest BCUT2D eigenvalue weighted by Crippen LogP contribution is 2.24. The summed E-state index contributed by atoms with van der Waals surface area (Å²) in [7, 11) is 1.58. The zero-order valence-corrected chi connectivity index (χ0v) is 15.2. The lowest BCUT2D eigenvalue weighted by atomic mass is 10.1. The van der Waals surface area contributed by atoms with Crippen LogP contribution < -0.4 is 20.3 Å². The first-order valence-electron chi connectivity index (χ1n) is 8.59. The van der Waals surface area contributed by atoms with Crippen LogP contribution in [0.1, 0.15) is 23.7 Å². The molecule has 0 aromatic heterocycles. The standard InChI is InChI=1S/C20H21N3O4/c1-13(24)14-4-3-5-15(10-14)21-20(26)22-16-11-19(25)23(12-16)17-6-8-18(27-2)9-7-17/h3-10,16H,11-12H2,1-2H3,(H2,21,22,26)/t16-/m1/s1. The van der Waals surface area contributed by atoms with Crippen LogP contribution in [0.15, 0.2) is 48.5 Å². The van der Waals surface area contributed by atoms with Gasteiger partial charge in [0, 0.05) is 29.9 Å². The van der Waals surface area contributed by atoms with E-state index in [0.29, 0.717) is 23.5 Å². The number of ether oxygens (including phenoxy) is 1. The van der Waals surface area contributed by atoms with Gasteiger partial charge in [-0.1, -0.05) is 12.1 Å². The van der Waals surface area contributed by atoms with Crippen molar-refractivity contribution in [3.8, 4) is 5.75 Å². The average molecular weight is 367 g/mol. The first-order valence-corrected chi connectivity index (χ1v) is 8.59. The number of hydrogen-bond acceptors (Lipinski definition) is 4. The zero-order chi connectivity index (χ0) is 19.4. The second-order valence-corrected chi connectivity index (χ2v) is 6.34. The van der Waals surface area contributed by atoms with Gasteiger partial charge in [0.25, 0.3) is 0 Å². The van der Waals surface area contributed by atoms with Crippen molar-refractivity contribution in [3.05, 3.63) is 54.1 Å². The third-order valence-electron chi connectivity index (χ3n) is 4.37. The number of amides is 3. The number of hydrogen-bond donors (Lipinski definition) is 2. The Morgan fingerprint density at radius 1 is 1.15 bits per heavy atom. The second-order valence-electron chi connectivity index (χ2n) is 6.34. The number of nitrogens with zero attached hydrogens (tertiary/aromatic N) is 1. The number of anilines is 2. The van der Waals surface area contributed by atoms with Crippen molar-refractivity contribution in [2.24, 2.45) is 0 Å². The summed E-state index contributed by atoms with van der Waals surface area (Å²) in [6.45, 7) is 1.86. The van der Waals surface area contributed by atoms with Crippen molar-refractivity contribution in [3.63, 3.8) is 0 Å². The predicted octanol–water partition coefficient (Wildman–Crippen LogP) is 2.82. The van der Waals surface area contributed by atoms with Crippen LogP contribution >= 0.6 is 0 Å². The first kappa shape index (κ1) is 18.4. The highest BCUT2D eigenvalue weighted by Gasteiger charge is 2.31. The van der Waals surface area contributed by atoms with Crippen LogP contribution in [0, 0.1) is 0 Å². The Balaban J connectivity index is 1.59. The van der Waals surface area contributed by atoms with Crippen molar-refractivity contribution in [2.75, 3.05) is 23.9 Å². The summed E-state index contributed by atoms with van der Waals surface area (Å²) >= 11 is 0.